The summed E-state index contributed by atoms with van der Waals surface area (Å²) in [5.74, 6) is 0.915. The third-order valence-corrected chi connectivity index (χ3v) is 4.25. The van der Waals surface area contributed by atoms with Crippen LogP contribution in [0, 0.1) is 0 Å². The zero-order valence-corrected chi connectivity index (χ0v) is 12.5. The summed E-state index contributed by atoms with van der Waals surface area (Å²) in [5.41, 5.74) is 4.93. The van der Waals surface area contributed by atoms with Crippen LogP contribution in [0.2, 0.25) is 0 Å². The van der Waals surface area contributed by atoms with E-state index in [-0.39, 0.29) is 5.91 Å². The second kappa shape index (κ2) is 4.98. The fraction of sp³-hybridized carbons (Fsp3) is 0.222. The molecule has 0 bridgehead atoms. The number of nitrogens with one attached hydrogen (secondary N) is 1. The number of benzene rings is 2. The lowest BCUT2D eigenvalue weighted by atomic mass is 10.1. The standard InChI is InChI=1S/C18H17N3O/c1-2-12-6-8-13(9-7-12)17-20-15-5-3-4-14-16(15)21(17)11-10-19-18(14)22/h3-9H,2,10-11H2,1H3,(H,19,22). The van der Waals surface area contributed by atoms with Crippen molar-refractivity contribution in [3.05, 3.63) is 53.6 Å². The van der Waals surface area contributed by atoms with E-state index in [0.29, 0.717) is 12.1 Å². The first-order chi connectivity index (χ1) is 10.8. The Bertz CT molecular complexity index is 862. The van der Waals surface area contributed by atoms with Gasteiger partial charge in [-0.15, -0.1) is 0 Å². The summed E-state index contributed by atoms with van der Waals surface area (Å²) < 4.78 is 2.16. The van der Waals surface area contributed by atoms with Crippen molar-refractivity contribution in [2.45, 2.75) is 19.9 Å². The van der Waals surface area contributed by atoms with Gasteiger partial charge in [-0.1, -0.05) is 37.3 Å². The second-order valence-corrected chi connectivity index (χ2v) is 5.57. The van der Waals surface area contributed by atoms with Crippen molar-refractivity contribution in [3.63, 3.8) is 0 Å². The van der Waals surface area contributed by atoms with Gasteiger partial charge in [0.1, 0.15) is 5.82 Å². The number of aromatic nitrogens is 2. The number of para-hydroxylation sites is 1. The molecule has 3 aromatic rings. The number of nitrogens with zero attached hydrogens (tertiary/aromatic N) is 2. The largest absolute Gasteiger partial charge is 0.350 e. The summed E-state index contributed by atoms with van der Waals surface area (Å²) in [5, 5.41) is 2.95. The highest BCUT2D eigenvalue weighted by Crippen LogP contribution is 2.28. The molecule has 4 nitrogen and oxygen atoms in total. The average molecular weight is 291 g/mol. The van der Waals surface area contributed by atoms with E-state index >= 15 is 0 Å². The second-order valence-electron chi connectivity index (χ2n) is 5.57. The van der Waals surface area contributed by atoms with Crippen LogP contribution in [0.3, 0.4) is 0 Å². The minimum atomic E-state index is -0.0165. The van der Waals surface area contributed by atoms with Gasteiger partial charge in [-0.2, -0.15) is 0 Å². The number of rotatable bonds is 2. The SMILES string of the molecule is CCc1ccc(-c2nc3cccc4c3n2CCNC4=O)cc1. The highest BCUT2D eigenvalue weighted by Gasteiger charge is 2.21. The molecule has 2 heterocycles. The van der Waals surface area contributed by atoms with E-state index in [1.54, 1.807) is 0 Å². The van der Waals surface area contributed by atoms with Crippen LogP contribution in [0.5, 0.6) is 0 Å². The van der Waals surface area contributed by atoms with Crippen molar-refractivity contribution < 1.29 is 4.79 Å². The molecule has 0 spiro atoms. The van der Waals surface area contributed by atoms with E-state index in [0.717, 1.165) is 35.4 Å². The maximum absolute atomic E-state index is 12.2. The fourth-order valence-corrected chi connectivity index (χ4v) is 3.07. The number of hydrogen-bond donors (Lipinski definition) is 1. The van der Waals surface area contributed by atoms with Gasteiger partial charge in [-0.25, -0.2) is 4.98 Å². The molecule has 1 aromatic heterocycles. The zero-order chi connectivity index (χ0) is 15.1. The number of carbonyl (C=O) groups is 1. The molecule has 110 valence electrons. The highest BCUT2D eigenvalue weighted by atomic mass is 16.1. The van der Waals surface area contributed by atoms with E-state index in [1.807, 2.05) is 18.2 Å². The summed E-state index contributed by atoms with van der Waals surface area (Å²) in [6.07, 6.45) is 1.03. The molecule has 1 aliphatic rings. The number of aryl methyl sites for hydroxylation is 1. The number of carbonyl (C=O) groups excluding carboxylic acids is 1. The van der Waals surface area contributed by atoms with Gasteiger partial charge in [-0.3, -0.25) is 4.79 Å². The molecule has 22 heavy (non-hydrogen) atoms. The first-order valence-electron chi connectivity index (χ1n) is 7.64. The molecule has 4 rings (SSSR count). The Morgan fingerprint density at radius 3 is 2.77 bits per heavy atom. The van der Waals surface area contributed by atoms with Crippen molar-refractivity contribution in [2.75, 3.05) is 6.54 Å². The van der Waals surface area contributed by atoms with Crippen LogP contribution < -0.4 is 5.32 Å². The average Bonchev–Trinajstić information content (AvgIpc) is 2.84. The molecule has 1 aliphatic heterocycles. The Labute approximate surface area is 128 Å². The molecule has 0 fully saturated rings. The molecule has 4 heteroatoms. The molecule has 0 radical (unpaired) electrons. The lowest BCUT2D eigenvalue weighted by Gasteiger charge is -2.07. The number of imidazole rings is 1. The minimum Gasteiger partial charge on any atom is -0.350 e. The van der Waals surface area contributed by atoms with Gasteiger partial charge in [0.2, 0.25) is 0 Å². The van der Waals surface area contributed by atoms with E-state index in [1.165, 1.54) is 5.56 Å². The highest BCUT2D eigenvalue weighted by molar-refractivity contribution is 6.06. The third-order valence-electron chi connectivity index (χ3n) is 4.25. The van der Waals surface area contributed by atoms with Gasteiger partial charge in [-0.05, 0) is 24.1 Å². The first kappa shape index (κ1) is 13.1. The summed E-state index contributed by atoms with van der Waals surface area (Å²) in [7, 11) is 0. The van der Waals surface area contributed by atoms with Gasteiger partial charge in [0.25, 0.3) is 5.91 Å². The normalized spacial score (nSPS) is 14.0. The molecule has 0 saturated heterocycles. The van der Waals surface area contributed by atoms with Crippen LogP contribution in [0.4, 0.5) is 0 Å². The summed E-state index contributed by atoms with van der Waals surface area (Å²) in [4.78, 5) is 16.9. The van der Waals surface area contributed by atoms with E-state index < -0.39 is 0 Å². The lowest BCUT2D eigenvalue weighted by Crippen LogP contribution is -2.24. The number of amides is 1. The molecular formula is C18H17N3O. The molecule has 0 atom stereocenters. The molecule has 0 unspecified atom stereocenters. The van der Waals surface area contributed by atoms with Crippen LogP contribution >= 0.6 is 0 Å². The maximum atomic E-state index is 12.2. The summed E-state index contributed by atoms with van der Waals surface area (Å²) in [6.45, 7) is 3.51. The molecule has 1 N–H and O–H groups in total. The van der Waals surface area contributed by atoms with Crippen LogP contribution in [0.15, 0.2) is 42.5 Å². The Kier molecular flexibility index (Phi) is 2.96. The van der Waals surface area contributed by atoms with Crippen LogP contribution in [0.1, 0.15) is 22.8 Å². The lowest BCUT2D eigenvalue weighted by molar-refractivity contribution is 0.0956. The fourth-order valence-electron chi connectivity index (χ4n) is 3.07. The van der Waals surface area contributed by atoms with Crippen molar-refractivity contribution in [1.82, 2.24) is 14.9 Å². The molecule has 1 amide bonds. The predicted octanol–water partition coefficient (Wildman–Crippen LogP) is 3.01. The monoisotopic (exact) mass is 291 g/mol. The summed E-state index contributed by atoms with van der Waals surface area (Å²) in [6, 6.07) is 14.2. The number of hydrogen-bond acceptors (Lipinski definition) is 2. The van der Waals surface area contributed by atoms with Gasteiger partial charge < -0.3 is 9.88 Å². The zero-order valence-electron chi connectivity index (χ0n) is 12.5. The molecular weight excluding hydrogens is 274 g/mol. The van der Waals surface area contributed by atoms with E-state index in [4.69, 9.17) is 4.98 Å². The first-order valence-corrected chi connectivity index (χ1v) is 7.64. The molecule has 0 saturated carbocycles. The quantitative estimate of drug-likeness (QED) is 0.789. The van der Waals surface area contributed by atoms with Crippen LogP contribution in [-0.2, 0) is 13.0 Å². The van der Waals surface area contributed by atoms with Crippen molar-refractivity contribution in [2.24, 2.45) is 0 Å². The topological polar surface area (TPSA) is 46.9 Å². The van der Waals surface area contributed by atoms with Gasteiger partial charge in [0.05, 0.1) is 16.6 Å². The Morgan fingerprint density at radius 1 is 1.18 bits per heavy atom. The van der Waals surface area contributed by atoms with Gasteiger partial charge in [0, 0.05) is 18.7 Å². The maximum Gasteiger partial charge on any atom is 0.253 e. The smallest absolute Gasteiger partial charge is 0.253 e. The van der Waals surface area contributed by atoms with Crippen molar-refractivity contribution in [1.29, 1.82) is 0 Å². The molecule has 0 aliphatic carbocycles. The Hall–Kier alpha value is -2.62. The Morgan fingerprint density at radius 2 is 2.00 bits per heavy atom. The van der Waals surface area contributed by atoms with Crippen molar-refractivity contribution >= 4 is 16.9 Å². The van der Waals surface area contributed by atoms with Crippen molar-refractivity contribution in [3.8, 4) is 11.4 Å². The summed E-state index contributed by atoms with van der Waals surface area (Å²) >= 11 is 0. The van der Waals surface area contributed by atoms with Crippen LogP contribution in [0.25, 0.3) is 22.4 Å². The van der Waals surface area contributed by atoms with E-state index in [9.17, 15) is 4.79 Å². The molecule has 2 aromatic carbocycles. The Balaban J connectivity index is 1.96. The van der Waals surface area contributed by atoms with Gasteiger partial charge >= 0.3 is 0 Å². The minimum absolute atomic E-state index is 0.0165. The third kappa shape index (κ3) is 1.91. The van der Waals surface area contributed by atoms with Crippen LogP contribution in [-0.4, -0.2) is 22.0 Å². The van der Waals surface area contributed by atoms with Gasteiger partial charge in [0.15, 0.2) is 0 Å². The predicted molar refractivity (Wildman–Crippen MR) is 86.9 cm³/mol. The van der Waals surface area contributed by atoms with E-state index in [2.05, 4.69) is 41.1 Å².